The molecule has 1 heterocycles. The SMILES string of the molecule is CC(C)(C)Oc1ccc(OCC2Cc3cc(F)ccc3CN2)cc1. The van der Waals surface area contributed by atoms with Crippen LogP contribution in [0.15, 0.2) is 42.5 Å². The minimum Gasteiger partial charge on any atom is -0.492 e. The first-order valence-corrected chi connectivity index (χ1v) is 8.32. The molecule has 1 atom stereocenters. The maximum Gasteiger partial charge on any atom is 0.123 e. The van der Waals surface area contributed by atoms with Crippen LogP contribution in [0.25, 0.3) is 0 Å². The molecule has 2 aromatic carbocycles. The lowest BCUT2D eigenvalue weighted by atomic mass is 9.96. The molecule has 0 fully saturated rings. The summed E-state index contributed by atoms with van der Waals surface area (Å²) in [6.07, 6.45) is 0.776. The highest BCUT2D eigenvalue weighted by Crippen LogP contribution is 2.23. The zero-order valence-electron chi connectivity index (χ0n) is 14.4. The predicted molar refractivity (Wildman–Crippen MR) is 93.0 cm³/mol. The molecule has 1 N–H and O–H groups in total. The fourth-order valence-corrected chi connectivity index (χ4v) is 2.82. The molecule has 0 saturated heterocycles. The molecule has 3 rings (SSSR count). The van der Waals surface area contributed by atoms with Gasteiger partial charge in [-0.25, -0.2) is 4.39 Å². The summed E-state index contributed by atoms with van der Waals surface area (Å²) in [5.74, 6) is 1.46. The third-order valence-electron chi connectivity index (χ3n) is 3.91. The normalized spacial score (nSPS) is 17.2. The summed E-state index contributed by atoms with van der Waals surface area (Å²) in [6, 6.07) is 12.8. The van der Waals surface area contributed by atoms with Crippen LogP contribution < -0.4 is 14.8 Å². The average Bonchev–Trinajstić information content (AvgIpc) is 2.52. The van der Waals surface area contributed by atoms with Crippen molar-refractivity contribution >= 4 is 0 Å². The third-order valence-corrected chi connectivity index (χ3v) is 3.91. The molecule has 0 bridgehead atoms. The van der Waals surface area contributed by atoms with Crippen molar-refractivity contribution in [2.45, 2.75) is 45.4 Å². The van der Waals surface area contributed by atoms with Gasteiger partial charge in [-0.2, -0.15) is 0 Å². The third kappa shape index (κ3) is 4.48. The van der Waals surface area contributed by atoms with Crippen LogP contribution in [0, 0.1) is 5.82 Å². The second kappa shape index (κ2) is 6.81. The Hall–Kier alpha value is -2.07. The Labute approximate surface area is 142 Å². The van der Waals surface area contributed by atoms with Gasteiger partial charge in [0.1, 0.15) is 29.5 Å². The molecule has 0 radical (unpaired) electrons. The summed E-state index contributed by atoms with van der Waals surface area (Å²) < 4.78 is 25.0. The van der Waals surface area contributed by atoms with Gasteiger partial charge in [-0.05, 0) is 74.7 Å². The van der Waals surface area contributed by atoms with Crippen LogP contribution in [0.5, 0.6) is 11.5 Å². The number of fused-ring (bicyclic) bond motifs is 1. The van der Waals surface area contributed by atoms with Crippen molar-refractivity contribution in [2.24, 2.45) is 0 Å². The van der Waals surface area contributed by atoms with Gasteiger partial charge < -0.3 is 14.8 Å². The quantitative estimate of drug-likeness (QED) is 0.916. The molecule has 0 aliphatic carbocycles. The van der Waals surface area contributed by atoms with Crippen LogP contribution in [0.2, 0.25) is 0 Å². The number of ether oxygens (including phenoxy) is 2. The van der Waals surface area contributed by atoms with Gasteiger partial charge in [0.05, 0.1) is 0 Å². The number of hydrogen-bond acceptors (Lipinski definition) is 3. The van der Waals surface area contributed by atoms with Crippen molar-refractivity contribution in [3.63, 3.8) is 0 Å². The Morgan fingerprint density at radius 1 is 1.04 bits per heavy atom. The zero-order chi connectivity index (χ0) is 17.2. The molecule has 1 aliphatic rings. The molecule has 2 aromatic rings. The predicted octanol–water partition coefficient (Wildman–Crippen LogP) is 4.10. The fraction of sp³-hybridized carbons (Fsp3) is 0.400. The van der Waals surface area contributed by atoms with Gasteiger partial charge >= 0.3 is 0 Å². The lowest BCUT2D eigenvalue weighted by Crippen LogP contribution is -2.40. The summed E-state index contributed by atoms with van der Waals surface area (Å²) in [7, 11) is 0. The largest absolute Gasteiger partial charge is 0.492 e. The Morgan fingerprint density at radius 2 is 1.75 bits per heavy atom. The molecule has 4 heteroatoms. The molecule has 24 heavy (non-hydrogen) atoms. The van der Waals surface area contributed by atoms with Gasteiger partial charge in [0.15, 0.2) is 0 Å². The molecule has 1 unspecified atom stereocenters. The van der Waals surface area contributed by atoms with Gasteiger partial charge in [-0.15, -0.1) is 0 Å². The number of hydrogen-bond donors (Lipinski definition) is 1. The minimum absolute atomic E-state index is 0.176. The van der Waals surface area contributed by atoms with E-state index in [1.165, 1.54) is 6.07 Å². The van der Waals surface area contributed by atoms with E-state index in [4.69, 9.17) is 9.47 Å². The van der Waals surface area contributed by atoms with Crippen molar-refractivity contribution in [1.29, 1.82) is 0 Å². The van der Waals surface area contributed by atoms with Crippen molar-refractivity contribution in [1.82, 2.24) is 5.32 Å². The van der Waals surface area contributed by atoms with E-state index in [9.17, 15) is 4.39 Å². The van der Waals surface area contributed by atoms with Gasteiger partial charge in [0.2, 0.25) is 0 Å². The number of rotatable bonds is 4. The highest BCUT2D eigenvalue weighted by atomic mass is 19.1. The first-order chi connectivity index (χ1) is 11.4. The Morgan fingerprint density at radius 3 is 2.46 bits per heavy atom. The summed E-state index contributed by atoms with van der Waals surface area (Å²) in [4.78, 5) is 0. The molecular formula is C20H24FNO2. The first kappa shape index (κ1) is 16.8. The smallest absolute Gasteiger partial charge is 0.123 e. The second-order valence-corrected chi connectivity index (χ2v) is 7.19. The standard InChI is InChI=1S/C20H24FNO2/c1-20(2,3)24-19-8-6-18(7-9-19)23-13-17-11-15-10-16(21)5-4-14(15)12-22-17/h4-10,17,22H,11-13H2,1-3H3. The molecule has 3 nitrogen and oxygen atoms in total. The minimum atomic E-state index is -0.211. The Kier molecular flexibility index (Phi) is 4.76. The van der Waals surface area contributed by atoms with Gasteiger partial charge in [-0.1, -0.05) is 6.07 Å². The van der Waals surface area contributed by atoms with E-state index in [0.717, 1.165) is 35.6 Å². The highest BCUT2D eigenvalue weighted by molar-refractivity contribution is 5.32. The lowest BCUT2D eigenvalue weighted by Gasteiger charge is -2.26. The molecule has 128 valence electrons. The summed E-state index contributed by atoms with van der Waals surface area (Å²) >= 11 is 0. The van der Waals surface area contributed by atoms with Crippen LogP contribution in [0.3, 0.4) is 0 Å². The summed E-state index contributed by atoms with van der Waals surface area (Å²) in [5, 5.41) is 3.44. The van der Waals surface area contributed by atoms with Crippen LogP contribution in [0.4, 0.5) is 4.39 Å². The van der Waals surface area contributed by atoms with Crippen molar-refractivity contribution in [3.8, 4) is 11.5 Å². The van der Waals surface area contributed by atoms with Crippen LogP contribution >= 0.6 is 0 Å². The summed E-state index contributed by atoms with van der Waals surface area (Å²) in [5.41, 5.74) is 2.02. The van der Waals surface area contributed by atoms with Gasteiger partial charge in [-0.3, -0.25) is 0 Å². The Bertz CT molecular complexity index is 692. The van der Waals surface area contributed by atoms with E-state index >= 15 is 0 Å². The lowest BCUT2D eigenvalue weighted by molar-refractivity contribution is 0.130. The zero-order valence-corrected chi connectivity index (χ0v) is 14.4. The topological polar surface area (TPSA) is 30.5 Å². The molecule has 0 spiro atoms. The Balaban J connectivity index is 1.55. The molecule has 0 aromatic heterocycles. The van der Waals surface area contributed by atoms with Crippen molar-refractivity contribution < 1.29 is 13.9 Å². The van der Waals surface area contributed by atoms with E-state index in [1.54, 1.807) is 6.07 Å². The van der Waals surface area contributed by atoms with E-state index in [0.29, 0.717) is 6.61 Å². The van der Waals surface area contributed by atoms with E-state index in [1.807, 2.05) is 51.1 Å². The average molecular weight is 329 g/mol. The number of benzene rings is 2. The summed E-state index contributed by atoms with van der Waals surface area (Å²) in [6.45, 7) is 7.36. The maximum atomic E-state index is 13.4. The molecule has 0 amide bonds. The molecule has 0 saturated carbocycles. The first-order valence-electron chi connectivity index (χ1n) is 8.32. The number of halogens is 1. The van der Waals surface area contributed by atoms with Gasteiger partial charge in [0, 0.05) is 12.6 Å². The van der Waals surface area contributed by atoms with E-state index in [2.05, 4.69) is 5.32 Å². The molecular weight excluding hydrogens is 305 g/mol. The van der Waals surface area contributed by atoms with Crippen LogP contribution in [0.1, 0.15) is 31.9 Å². The van der Waals surface area contributed by atoms with Crippen molar-refractivity contribution in [3.05, 3.63) is 59.4 Å². The fourth-order valence-electron chi connectivity index (χ4n) is 2.82. The van der Waals surface area contributed by atoms with Crippen molar-refractivity contribution in [2.75, 3.05) is 6.61 Å². The van der Waals surface area contributed by atoms with E-state index < -0.39 is 0 Å². The molecule has 1 aliphatic heterocycles. The highest BCUT2D eigenvalue weighted by Gasteiger charge is 2.19. The second-order valence-electron chi connectivity index (χ2n) is 7.19. The van der Waals surface area contributed by atoms with E-state index in [-0.39, 0.29) is 17.5 Å². The van der Waals surface area contributed by atoms with Gasteiger partial charge in [0.25, 0.3) is 0 Å². The number of nitrogens with one attached hydrogen (secondary N) is 1. The monoisotopic (exact) mass is 329 g/mol. The maximum absolute atomic E-state index is 13.4. The van der Waals surface area contributed by atoms with Crippen LogP contribution in [-0.4, -0.2) is 18.2 Å². The van der Waals surface area contributed by atoms with Crippen LogP contribution in [-0.2, 0) is 13.0 Å².